The average Bonchev–Trinajstić information content (AvgIpc) is 2.54. The second-order valence-electron chi connectivity index (χ2n) is 4.75. The van der Waals surface area contributed by atoms with Gasteiger partial charge in [0.1, 0.15) is 12.4 Å². The standard InChI is InChI=1S/C19H20O2/c20-15-8-13-18-12-4-5-14-19(18)21-16-7-6-11-17-9-2-1-3-10-17/h1-5,9-10,12,14,20H,6-7,11,15-16H2. The fraction of sp³-hybridized carbons (Fsp3) is 0.263. The number of rotatable bonds is 6. The van der Waals surface area contributed by atoms with Gasteiger partial charge in [0.15, 0.2) is 0 Å². The van der Waals surface area contributed by atoms with E-state index in [9.17, 15) is 0 Å². The van der Waals surface area contributed by atoms with Gasteiger partial charge in [0, 0.05) is 0 Å². The summed E-state index contributed by atoms with van der Waals surface area (Å²) in [5.41, 5.74) is 2.20. The minimum absolute atomic E-state index is 0.134. The van der Waals surface area contributed by atoms with E-state index in [1.54, 1.807) is 0 Å². The molecular weight excluding hydrogens is 260 g/mol. The molecule has 0 fully saturated rings. The zero-order chi connectivity index (χ0) is 14.8. The molecule has 1 N–H and O–H groups in total. The van der Waals surface area contributed by atoms with E-state index < -0.39 is 0 Å². The molecule has 2 aromatic rings. The Balaban J connectivity index is 1.76. The fourth-order valence-corrected chi connectivity index (χ4v) is 2.09. The third kappa shape index (κ3) is 5.33. The van der Waals surface area contributed by atoms with Crippen molar-refractivity contribution in [3.63, 3.8) is 0 Å². The summed E-state index contributed by atoms with van der Waals surface area (Å²) in [4.78, 5) is 0. The lowest BCUT2D eigenvalue weighted by atomic mass is 10.1. The van der Waals surface area contributed by atoms with Crippen molar-refractivity contribution in [2.75, 3.05) is 13.2 Å². The van der Waals surface area contributed by atoms with Crippen molar-refractivity contribution < 1.29 is 9.84 Å². The van der Waals surface area contributed by atoms with Crippen LogP contribution < -0.4 is 4.74 Å². The lowest BCUT2D eigenvalue weighted by Crippen LogP contribution is -2.00. The van der Waals surface area contributed by atoms with Crippen molar-refractivity contribution in [1.29, 1.82) is 0 Å². The van der Waals surface area contributed by atoms with Gasteiger partial charge in [0.2, 0.25) is 0 Å². The van der Waals surface area contributed by atoms with Crippen molar-refractivity contribution in [2.45, 2.75) is 19.3 Å². The number of aryl methyl sites for hydroxylation is 1. The van der Waals surface area contributed by atoms with Crippen molar-refractivity contribution in [3.8, 4) is 17.6 Å². The number of hydrogen-bond donors (Lipinski definition) is 1. The molecule has 0 bridgehead atoms. The van der Waals surface area contributed by atoms with Crippen LogP contribution in [0.3, 0.4) is 0 Å². The SMILES string of the molecule is OCC#Cc1ccccc1OCCCCc1ccccc1. The first-order valence-corrected chi connectivity index (χ1v) is 7.25. The molecule has 0 saturated heterocycles. The second-order valence-corrected chi connectivity index (χ2v) is 4.75. The van der Waals surface area contributed by atoms with Crippen LogP contribution in [0.15, 0.2) is 54.6 Å². The van der Waals surface area contributed by atoms with Gasteiger partial charge in [0.05, 0.1) is 12.2 Å². The molecule has 0 aromatic heterocycles. The quantitative estimate of drug-likeness (QED) is 0.649. The molecule has 2 aromatic carbocycles. The Bertz CT molecular complexity index is 594. The highest BCUT2D eigenvalue weighted by Gasteiger charge is 2.00. The third-order valence-electron chi connectivity index (χ3n) is 3.15. The Hall–Kier alpha value is -2.24. The summed E-state index contributed by atoms with van der Waals surface area (Å²) in [6, 6.07) is 18.2. The molecule has 0 aliphatic heterocycles. The Kier molecular flexibility index (Phi) is 6.38. The Morgan fingerprint density at radius 2 is 1.67 bits per heavy atom. The van der Waals surface area contributed by atoms with Crippen molar-refractivity contribution in [2.24, 2.45) is 0 Å². The molecule has 0 heterocycles. The highest BCUT2D eigenvalue weighted by Crippen LogP contribution is 2.17. The first kappa shape index (κ1) is 15.2. The predicted molar refractivity (Wildman–Crippen MR) is 85.3 cm³/mol. The molecule has 0 aliphatic carbocycles. The maximum Gasteiger partial charge on any atom is 0.134 e. The van der Waals surface area contributed by atoms with Crippen molar-refractivity contribution in [3.05, 3.63) is 65.7 Å². The number of hydrogen-bond acceptors (Lipinski definition) is 2. The minimum Gasteiger partial charge on any atom is -0.492 e. The molecule has 0 unspecified atom stereocenters. The van der Waals surface area contributed by atoms with Crippen molar-refractivity contribution >= 4 is 0 Å². The van der Waals surface area contributed by atoms with Crippen LogP contribution in [-0.2, 0) is 6.42 Å². The van der Waals surface area contributed by atoms with E-state index in [0.717, 1.165) is 30.6 Å². The Labute approximate surface area is 126 Å². The monoisotopic (exact) mass is 280 g/mol. The second kappa shape index (κ2) is 8.84. The number of aliphatic hydroxyl groups excluding tert-OH is 1. The van der Waals surface area contributed by atoms with E-state index in [1.165, 1.54) is 5.56 Å². The molecule has 0 spiro atoms. The molecule has 2 nitrogen and oxygen atoms in total. The first-order valence-electron chi connectivity index (χ1n) is 7.25. The predicted octanol–water partition coefficient (Wildman–Crippen LogP) is 3.43. The molecule has 0 aliphatic rings. The van der Waals surface area contributed by atoms with E-state index in [2.05, 4.69) is 36.1 Å². The van der Waals surface area contributed by atoms with Gasteiger partial charge in [0.25, 0.3) is 0 Å². The summed E-state index contributed by atoms with van der Waals surface area (Å²) >= 11 is 0. The van der Waals surface area contributed by atoms with Gasteiger partial charge in [-0.15, -0.1) is 0 Å². The van der Waals surface area contributed by atoms with E-state index in [0.29, 0.717) is 6.61 Å². The van der Waals surface area contributed by atoms with Gasteiger partial charge in [-0.2, -0.15) is 0 Å². The zero-order valence-electron chi connectivity index (χ0n) is 12.1. The van der Waals surface area contributed by atoms with Crippen LogP contribution in [0.4, 0.5) is 0 Å². The number of unbranched alkanes of at least 4 members (excludes halogenated alkanes) is 1. The van der Waals surface area contributed by atoms with E-state index in [4.69, 9.17) is 9.84 Å². The van der Waals surface area contributed by atoms with Gasteiger partial charge in [-0.25, -0.2) is 0 Å². The number of aliphatic hydroxyl groups is 1. The van der Waals surface area contributed by atoms with Gasteiger partial charge >= 0.3 is 0 Å². The molecule has 2 heteroatoms. The average molecular weight is 280 g/mol. The van der Waals surface area contributed by atoms with Crippen LogP contribution in [0.5, 0.6) is 5.75 Å². The van der Waals surface area contributed by atoms with Crippen LogP contribution in [0, 0.1) is 11.8 Å². The lowest BCUT2D eigenvalue weighted by molar-refractivity contribution is 0.306. The highest BCUT2D eigenvalue weighted by atomic mass is 16.5. The van der Waals surface area contributed by atoms with Crippen LogP contribution in [0.2, 0.25) is 0 Å². The van der Waals surface area contributed by atoms with Crippen molar-refractivity contribution in [1.82, 2.24) is 0 Å². The van der Waals surface area contributed by atoms with Gasteiger partial charge in [-0.05, 0) is 37.0 Å². The highest BCUT2D eigenvalue weighted by molar-refractivity contribution is 5.45. The van der Waals surface area contributed by atoms with E-state index >= 15 is 0 Å². The molecule has 0 radical (unpaired) electrons. The maximum absolute atomic E-state index is 8.76. The zero-order valence-corrected chi connectivity index (χ0v) is 12.1. The van der Waals surface area contributed by atoms with Gasteiger partial charge < -0.3 is 9.84 Å². The Morgan fingerprint density at radius 1 is 0.905 bits per heavy atom. The number of ether oxygens (including phenoxy) is 1. The van der Waals surface area contributed by atoms with Crippen LogP contribution in [0.25, 0.3) is 0 Å². The number of para-hydroxylation sites is 1. The normalized spacial score (nSPS) is 9.76. The summed E-state index contributed by atoms with van der Waals surface area (Å²) in [7, 11) is 0. The summed E-state index contributed by atoms with van der Waals surface area (Å²) in [6.07, 6.45) is 3.20. The molecule has 0 atom stereocenters. The summed E-state index contributed by atoms with van der Waals surface area (Å²) in [6.45, 7) is 0.552. The third-order valence-corrected chi connectivity index (χ3v) is 3.15. The molecule has 21 heavy (non-hydrogen) atoms. The van der Waals surface area contributed by atoms with Gasteiger partial charge in [-0.1, -0.05) is 54.3 Å². The summed E-state index contributed by atoms with van der Waals surface area (Å²) in [5, 5.41) is 8.76. The summed E-state index contributed by atoms with van der Waals surface area (Å²) in [5.74, 6) is 6.35. The number of benzene rings is 2. The molecule has 108 valence electrons. The molecule has 2 rings (SSSR count). The van der Waals surface area contributed by atoms with E-state index in [-0.39, 0.29) is 6.61 Å². The lowest BCUT2D eigenvalue weighted by Gasteiger charge is -2.08. The van der Waals surface area contributed by atoms with Crippen LogP contribution in [-0.4, -0.2) is 18.3 Å². The maximum atomic E-state index is 8.76. The summed E-state index contributed by atoms with van der Waals surface area (Å²) < 4.78 is 5.79. The topological polar surface area (TPSA) is 29.5 Å². The van der Waals surface area contributed by atoms with Gasteiger partial charge in [-0.3, -0.25) is 0 Å². The smallest absolute Gasteiger partial charge is 0.134 e. The largest absolute Gasteiger partial charge is 0.492 e. The minimum atomic E-state index is -0.134. The molecular formula is C19H20O2. The Morgan fingerprint density at radius 3 is 2.48 bits per heavy atom. The first-order chi connectivity index (χ1) is 10.4. The fourth-order valence-electron chi connectivity index (χ4n) is 2.09. The van der Waals surface area contributed by atoms with Crippen LogP contribution in [0.1, 0.15) is 24.0 Å². The van der Waals surface area contributed by atoms with Crippen LogP contribution >= 0.6 is 0 Å². The molecule has 0 amide bonds. The molecule has 0 saturated carbocycles. The van der Waals surface area contributed by atoms with E-state index in [1.807, 2.05) is 30.3 Å².